The van der Waals surface area contributed by atoms with Gasteiger partial charge in [-0.3, -0.25) is 4.98 Å². The number of ether oxygens (including phenoxy) is 1. The van der Waals surface area contributed by atoms with Crippen LogP contribution in [0.2, 0.25) is 0 Å². The molecule has 1 aromatic heterocycles. The van der Waals surface area contributed by atoms with E-state index in [1.54, 1.807) is 6.20 Å². The summed E-state index contributed by atoms with van der Waals surface area (Å²) >= 11 is 0. The maximum absolute atomic E-state index is 5.70. The van der Waals surface area contributed by atoms with E-state index in [9.17, 15) is 0 Å². The summed E-state index contributed by atoms with van der Waals surface area (Å²) in [6.07, 6.45) is 4.97. The summed E-state index contributed by atoms with van der Waals surface area (Å²) in [4.78, 5) is 4.11. The first-order valence-corrected chi connectivity index (χ1v) is 5.54. The lowest BCUT2D eigenvalue weighted by Crippen LogP contribution is -2.16. The third-order valence-electron chi connectivity index (χ3n) is 1.96. The Labute approximate surface area is 91.9 Å². The Bertz CT molecular complexity index is 287. The van der Waals surface area contributed by atoms with Crippen LogP contribution in [-0.4, -0.2) is 17.6 Å². The minimum atomic E-state index is 0.206. The van der Waals surface area contributed by atoms with Crippen LogP contribution in [0.15, 0.2) is 18.5 Å². The van der Waals surface area contributed by atoms with Gasteiger partial charge >= 0.3 is 0 Å². The van der Waals surface area contributed by atoms with Crippen LogP contribution >= 0.6 is 0 Å². The van der Waals surface area contributed by atoms with Gasteiger partial charge in [0, 0.05) is 24.5 Å². The third-order valence-corrected chi connectivity index (χ3v) is 1.96. The Morgan fingerprint density at radius 2 is 2.27 bits per heavy atom. The molecule has 0 aliphatic carbocycles. The van der Waals surface area contributed by atoms with E-state index in [0.717, 1.165) is 30.8 Å². The Kier molecular flexibility index (Phi) is 5.12. The fourth-order valence-corrected chi connectivity index (χ4v) is 1.32. The summed E-state index contributed by atoms with van der Waals surface area (Å²) in [6.45, 7) is 8.06. The van der Waals surface area contributed by atoms with Crippen molar-refractivity contribution in [1.29, 1.82) is 0 Å². The predicted octanol–water partition coefficient (Wildman–Crippen LogP) is 2.37. The highest BCUT2D eigenvalue weighted by Crippen LogP contribution is 2.17. The Morgan fingerprint density at radius 1 is 1.47 bits per heavy atom. The maximum atomic E-state index is 5.70. The van der Waals surface area contributed by atoms with E-state index in [2.05, 4.69) is 17.2 Å². The summed E-state index contributed by atoms with van der Waals surface area (Å²) in [7, 11) is 0. The molecular weight excluding hydrogens is 188 g/mol. The molecule has 1 N–H and O–H groups in total. The molecular formula is C12H20N2O. The Hall–Kier alpha value is -1.09. The van der Waals surface area contributed by atoms with Crippen molar-refractivity contribution in [2.24, 2.45) is 0 Å². The van der Waals surface area contributed by atoms with Crippen LogP contribution in [0, 0.1) is 0 Å². The summed E-state index contributed by atoms with van der Waals surface area (Å²) in [6, 6.07) is 1.92. The quantitative estimate of drug-likeness (QED) is 0.729. The molecule has 15 heavy (non-hydrogen) atoms. The first-order chi connectivity index (χ1) is 7.24. The number of hydrogen-bond acceptors (Lipinski definition) is 3. The van der Waals surface area contributed by atoms with Crippen molar-refractivity contribution < 1.29 is 4.74 Å². The molecule has 0 atom stereocenters. The van der Waals surface area contributed by atoms with E-state index in [4.69, 9.17) is 4.74 Å². The van der Waals surface area contributed by atoms with E-state index in [1.807, 2.05) is 26.1 Å². The SMILES string of the molecule is CCCNCc1cnccc1OC(C)C. The normalized spacial score (nSPS) is 10.7. The number of rotatable bonds is 6. The van der Waals surface area contributed by atoms with Crippen LogP contribution < -0.4 is 10.1 Å². The fraction of sp³-hybridized carbons (Fsp3) is 0.583. The lowest BCUT2D eigenvalue weighted by atomic mass is 10.2. The highest BCUT2D eigenvalue weighted by molar-refractivity contribution is 5.30. The summed E-state index contributed by atoms with van der Waals surface area (Å²) in [5.41, 5.74) is 1.12. The molecule has 0 saturated heterocycles. The molecule has 3 heteroatoms. The van der Waals surface area contributed by atoms with Gasteiger partial charge in [0.25, 0.3) is 0 Å². The number of nitrogens with zero attached hydrogens (tertiary/aromatic N) is 1. The van der Waals surface area contributed by atoms with E-state index in [-0.39, 0.29) is 6.10 Å². The van der Waals surface area contributed by atoms with Gasteiger partial charge in [0.2, 0.25) is 0 Å². The van der Waals surface area contributed by atoms with Crippen molar-refractivity contribution in [3.63, 3.8) is 0 Å². The third kappa shape index (κ3) is 4.30. The molecule has 1 heterocycles. The van der Waals surface area contributed by atoms with Gasteiger partial charge in [0.05, 0.1) is 6.10 Å². The van der Waals surface area contributed by atoms with Crippen LogP contribution in [0.3, 0.4) is 0 Å². The lowest BCUT2D eigenvalue weighted by molar-refractivity contribution is 0.239. The van der Waals surface area contributed by atoms with Crippen LogP contribution in [-0.2, 0) is 6.54 Å². The largest absolute Gasteiger partial charge is 0.491 e. The van der Waals surface area contributed by atoms with Gasteiger partial charge in [-0.2, -0.15) is 0 Å². The van der Waals surface area contributed by atoms with E-state index < -0.39 is 0 Å². The monoisotopic (exact) mass is 208 g/mol. The first-order valence-electron chi connectivity index (χ1n) is 5.54. The van der Waals surface area contributed by atoms with Crippen LogP contribution in [0.1, 0.15) is 32.8 Å². The molecule has 0 unspecified atom stereocenters. The van der Waals surface area contributed by atoms with Crippen LogP contribution in [0.5, 0.6) is 5.75 Å². The van der Waals surface area contributed by atoms with Crippen LogP contribution in [0.4, 0.5) is 0 Å². The molecule has 1 aromatic rings. The standard InChI is InChI=1S/C12H20N2O/c1-4-6-13-8-11-9-14-7-5-12(11)15-10(2)3/h5,7,9-10,13H,4,6,8H2,1-3H3. The fourth-order valence-electron chi connectivity index (χ4n) is 1.32. The zero-order chi connectivity index (χ0) is 11.1. The van der Waals surface area contributed by atoms with E-state index in [1.165, 1.54) is 0 Å². The van der Waals surface area contributed by atoms with Crippen molar-refractivity contribution in [1.82, 2.24) is 10.3 Å². The molecule has 0 aliphatic heterocycles. The summed E-state index contributed by atoms with van der Waals surface area (Å²) in [5.74, 6) is 0.934. The Morgan fingerprint density at radius 3 is 2.93 bits per heavy atom. The van der Waals surface area contributed by atoms with Gasteiger partial charge in [-0.25, -0.2) is 0 Å². The molecule has 1 rings (SSSR count). The smallest absolute Gasteiger partial charge is 0.127 e. The second-order valence-corrected chi connectivity index (χ2v) is 3.83. The van der Waals surface area contributed by atoms with Gasteiger partial charge in [-0.05, 0) is 32.9 Å². The number of pyridine rings is 1. The number of hydrogen-bond donors (Lipinski definition) is 1. The average Bonchev–Trinajstić information content (AvgIpc) is 2.20. The second-order valence-electron chi connectivity index (χ2n) is 3.83. The topological polar surface area (TPSA) is 34.2 Å². The molecule has 0 aromatic carbocycles. The van der Waals surface area contributed by atoms with Crippen LogP contribution in [0.25, 0.3) is 0 Å². The zero-order valence-electron chi connectivity index (χ0n) is 9.79. The van der Waals surface area contributed by atoms with Gasteiger partial charge in [-0.1, -0.05) is 6.92 Å². The van der Waals surface area contributed by atoms with Crippen molar-refractivity contribution in [3.8, 4) is 5.75 Å². The zero-order valence-corrected chi connectivity index (χ0v) is 9.79. The predicted molar refractivity (Wildman–Crippen MR) is 62.0 cm³/mol. The molecule has 3 nitrogen and oxygen atoms in total. The van der Waals surface area contributed by atoms with Gasteiger partial charge < -0.3 is 10.1 Å². The number of nitrogens with one attached hydrogen (secondary N) is 1. The summed E-state index contributed by atoms with van der Waals surface area (Å²) < 4.78 is 5.70. The maximum Gasteiger partial charge on any atom is 0.127 e. The second kappa shape index (κ2) is 6.40. The molecule has 0 saturated carbocycles. The van der Waals surface area contributed by atoms with E-state index in [0.29, 0.717) is 0 Å². The van der Waals surface area contributed by atoms with Crippen molar-refractivity contribution >= 4 is 0 Å². The highest BCUT2D eigenvalue weighted by Gasteiger charge is 2.04. The lowest BCUT2D eigenvalue weighted by Gasteiger charge is -2.13. The molecule has 0 aliphatic rings. The molecule has 0 amide bonds. The highest BCUT2D eigenvalue weighted by atomic mass is 16.5. The molecule has 84 valence electrons. The molecule has 0 fully saturated rings. The summed E-state index contributed by atoms with van der Waals surface area (Å²) in [5, 5.41) is 3.34. The minimum Gasteiger partial charge on any atom is -0.491 e. The molecule has 0 spiro atoms. The molecule has 0 radical (unpaired) electrons. The van der Waals surface area contributed by atoms with Gasteiger partial charge in [0.1, 0.15) is 5.75 Å². The minimum absolute atomic E-state index is 0.206. The Balaban J connectivity index is 2.60. The molecule has 0 bridgehead atoms. The van der Waals surface area contributed by atoms with Gasteiger partial charge in [0.15, 0.2) is 0 Å². The van der Waals surface area contributed by atoms with E-state index >= 15 is 0 Å². The first kappa shape index (κ1) is 12.0. The average molecular weight is 208 g/mol. The number of aromatic nitrogens is 1. The van der Waals surface area contributed by atoms with Crippen molar-refractivity contribution in [2.75, 3.05) is 6.54 Å². The van der Waals surface area contributed by atoms with Crippen molar-refractivity contribution in [3.05, 3.63) is 24.0 Å². The van der Waals surface area contributed by atoms with Crippen molar-refractivity contribution in [2.45, 2.75) is 39.8 Å². The van der Waals surface area contributed by atoms with Gasteiger partial charge in [-0.15, -0.1) is 0 Å².